The second kappa shape index (κ2) is 13.3. The molecule has 1 aromatic heterocycles. The van der Waals surface area contributed by atoms with E-state index in [0.29, 0.717) is 6.54 Å². The van der Waals surface area contributed by atoms with Gasteiger partial charge in [0.25, 0.3) is 0 Å². The molecular weight excluding hydrogens is 508 g/mol. The number of hydrogen-bond acceptors (Lipinski definition) is 6. The third-order valence-corrected chi connectivity index (χ3v) is 7.73. The van der Waals surface area contributed by atoms with Crippen molar-refractivity contribution in [2.75, 3.05) is 6.26 Å². The number of allylic oxidation sites excluding steroid dienone is 2. The molecule has 0 radical (unpaired) electrons. The van der Waals surface area contributed by atoms with E-state index in [2.05, 4.69) is 20.7 Å². The molecular formula is C24H32N2O8S2. The molecule has 0 bridgehead atoms. The van der Waals surface area contributed by atoms with Crippen LogP contribution in [-0.2, 0) is 32.1 Å². The van der Waals surface area contributed by atoms with Crippen molar-refractivity contribution in [2.24, 2.45) is 5.92 Å². The predicted octanol–water partition coefficient (Wildman–Crippen LogP) is 2.29. The number of hydrogen-bond donors (Lipinski definition) is 1. The molecule has 1 aromatic carbocycles. The largest absolute Gasteiger partial charge is 0.478 e. The van der Waals surface area contributed by atoms with Crippen LogP contribution in [-0.4, -0.2) is 57.6 Å². The SMILES string of the molecule is CCCCc1ncc(/C=S2\C=CC=C2C(C)C(=O)OS(C)(=O)=O)n1Cc1ccc(C(=O)O)cc1.O.O. The van der Waals surface area contributed by atoms with Crippen LogP contribution >= 0.6 is 10.5 Å². The second-order valence-electron chi connectivity index (χ2n) is 8.01. The van der Waals surface area contributed by atoms with E-state index >= 15 is 0 Å². The number of carbonyl (C=O) groups is 2. The van der Waals surface area contributed by atoms with Gasteiger partial charge in [0.2, 0.25) is 0 Å². The Bertz CT molecular complexity index is 1280. The zero-order valence-electron chi connectivity index (χ0n) is 20.3. The van der Waals surface area contributed by atoms with Crippen molar-refractivity contribution in [3.05, 3.63) is 75.6 Å². The van der Waals surface area contributed by atoms with E-state index in [1.807, 2.05) is 22.9 Å². The van der Waals surface area contributed by atoms with Crippen molar-refractivity contribution in [2.45, 2.75) is 39.7 Å². The molecule has 0 aliphatic carbocycles. The van der Waals surface area contributed by atoms with E-state index < -0.39 is 38.5 Å². The Kier molecular flexibility index (Phi) is 11.4. The summed E-state index contributed by atoms with van der Waals surface area (Å²) in [5.41, 5.74) is 2.05. The molecule has 10 nitrogen and oxygen atoms in total. The molecule has 2 aromatic rings. The molecule has 0 spiro atoms. The van der Waals surface area contributed by atoms with E-state index in [1.54, 1.807) is 37.4 Å². The first kappa shape index (κ1) is 31.0. The molecule has 5 N–H and O–H groups in total. The minimum Gasteiger partial charge on any atom is -0.478 e. The highest BCUT2D eigenvalue weighted by Gasteiger charge is 2.25. The molecule has 2 unspecified atom stereocenters. The first-order valence-electron chi connectivity index (χ1n) is 10.8. The number of unbranched alkanes of at least 4 members (excludes halogenated alkanes) is 1. The van der Waals surface area contributed by atoms with Gasteiger partial charge in [-0.1, -0.05) is 37.6 Å². The van der Waals surface area contributed by atoms with Crippen molar-refractivity contribution in [3.8, 4) is 0 Å². The number of rotatable bonds is 10. The van der Waals surface area contributed by atoms with Crippen LogP contribution in [0.15, 0.2) is 52.9 Å². The number of aromatic carboxylic acids is 1. The quantitative estimate of drug-likeness (QED) is 0.354. The van der Waals surface area contributed by atoms with Crippen LogP contribution < -0.4 is 0 Å². The Labute approximate surface area is 213 Å². The van der Waals surface area contributed by atoms with Crippen LogP contribution in [0.5, 0.6) is 0 Å². The van der Waals surface area contributed by atoms with Gasteiger partial charge in [0.15, 0.2) is 0 Å². The summed E-state index contributed by atoms with van der Waals surface area (Å²) in [5.74, 6) is -1.57. The summed E-state index contributed by atoms with van der Waals surface area (Å²) >= 11 is 0. The van der Waals surface area contributed by atoms with Gasteiger partial charge in [-0.05, 0) is 46.7 Å². The monoisotopic (exact) mass is 540 g/mol. The van der Waals surface area contributed by atoms with Crippen molar-refractivity contribution in [1.29, 1.82) is 0 Å². The lowest BCUT2D eigenvalue weighted by Gasteiger charge is -2.15. The predicted molar refractivity (Wildman–Crippen MR) is 141 cm³/mol. The van der Waals surface area contributed by atoms with Crippen molar-refractivity contribution in [3.63, 3.8) is 0 Å². The molecule has 0 fully saturated rings. The summed E-state index contributed by atoms with van der Waals surface area (Å²) in [4.78, 5) is 28.9. The minimum atomic E-state index is -3.88. The number of carbonyl (C=O) groups excluding carboxylic acids is 1. The van der Waals surface area contributed by atoms with E-state index in [0.717, 1.165) is 47.5 Å². The summed E-state index contributed by atoms with van der Waals surface area (Å²) < 4.78 is 29.4. The standard InChI is InChI=1S/C24H28N2O6S2.2H2O/c1-4-5-8-22-25-14-20(26(22)15-18-9-11-19(12-10-18)23(27)28)16-33-13-6-7-21(33)17(2)24(29)32-34(3,30)31;;/h6-7,9-14,16-17H,4-5,8,15H2,1-3H3,(H,27,28);2*1H2. The summed E-state index contributed by atoms with van der Waals surface area (Å²) in [6.45, 7) is 4.27. The molecule has 0 saturated heterocycles. The molecule has 198 valence electrons. The maximum absolute atomic E-state index is 12.3. The van der Waals surface area contributed by atoms with Crippen molar-refractivity contribution < 1.29 is 38.2 Å². The highest BCUT2D eigenvalue weighted by atomic mass is 32.2. The van der Waals surface area contributed by atoms with E-state index in [4.69, 9.17) is 5.11 Å². The molecule has 1 aliphatic heterocycles. The van der Waals surface area contributed by atoms with Gasteiger partial charge in [0.1, 0.15) is 5.82 Å². The molecule has 0 saturated carbocycles. The van der Waals surface area contributed by atoms with Crippen LogP contribution in [0.4, 0.5) is 0 Å². The fourth-order valence-corrected chi connectivity index (χ4v) is 5.73. The molecule has 1 aliphatic rings. The number of aryl methyl sites for hydroxylation is 1. The summed E-state index contributed by atoms with van der Waals surface area (Å²) in [7, 11) is -4.43. The van der Waals surface area contributed by atoms with Gasteiger partial charge in [0, 0.05) is 13.0 Å². The Morgan fingerprint density at radius 3 is 2.47 bits per heavy atom. The van der Waals surface area contributed by atoms with Crippen molar-refractivity contribution in [1.82, 2.24) is 9.55 Å². The summed E-state index contributed by atoms with van der Waals surface area (Å²) in [6, 6.07) is 6.76. The van der Waals surface area contributed by atoms with Crippen LogP contribution in [0.3, 0.4) is 0 Å². The lowest BCUT2D eigenvalue weighted by molar-refractivity contribution is -0.136. The number of benzene rings is 1. The Hall–Kier alpha value is -3.06. The van der Waals surface area contributed by atoms with Gasteiger partial charge in [0.05, 0.1) is 29.6 Å². The van der Waals surface area contributed by atoms with E-state index in [9.17, 15) is 18.0 Å². The Morgan fingerprint density at radius 2 is 1.89 bits per heavy atom. The van der Waals surface area contributed by atoms with Gasteiger partial charge >= 0.3 is 22.1 Å². The van der Waals surface area contributed by atoms with Gasteiger partial charge in [-0.15, -0.1) is 10.5 Å². The molecule has 2 atom stereocenters. The highest BCUT2D eigenvalue weighted by molar-refractivity contribution is 8.21. The normalized spacial score (nSPS) is 15.5. The molecule has 12 heteroatoms. The smallest absolute Gasteiger partial charge is 0.335 e. The maximum Gasteiger partial charge on any atom is 0.335 e. The zero-order valence-corrected chi connectivity index (χ0v) is 21.9. The average molecular weight is 541 g/mol. The maximum atomic E-state index is 12.3. The fraction of sp³-hybridized carbons (Fsp3) is 0.333. The highest BCUT2D eigenvalue weighted by Crippen LogP contribution is 2.38. The van der Waals surface area contributed by atoms with Gasteiger partial charge in [-0.25, -0.2) is 9.78 Å². The zero-order chi connectivity index (χ0) is 24.9. The molecule has 0 amide bonds. The lowest BCUT2D eigenvalue weighted by atomic mass is 10.1. The van der Waals surface area contributed by atoms with Crippen LogP contribution in [0.2, 0.25) is 0 Å². The second-order valence-corrected chi connectivity index (χ2v) is 11.3. The topological polar surface area (TPSA) is 179 Å². The number of carboxylic acids is 1. The molecule has 3 rings (SSSR count). The van der Waals surface area contributed by atoms with Crippen LogP contribution in [0.25, 0.3) is 0 Å². The van der Waals surface area contributed by atoms with Gasteiger partial charge in [-0.2, -0.15) is 8.42 Å². The van der Waals surface area contributed by atoms with Gasteiger partial charge in [-0.3, -0.25) is 4.79 Å². The minimum absolute atomic E-state index is 0. The fourth-order valence-electron chi connectivity index (χ4n) is 3.47. The Balaban J connectivity index is 0.00000324. The third kappa shape index (κ3) is 7.98. The van der Waals surface area contributed by atoms with Gasteiger partial charge < -0.3 is 24.8 Å². The molecule has 36 heavy (non-hydrogen) atoms. The number of carboxylic acid groups (broad SMARTS) is 1. The van der Waals surface area contributed by atoms with E-state index in [-0.39, 0.29) is 16.5 Å². The molecule has 2 heterocycles. The first-order chi connectivity index (χ1) is 16.1. The lowest BCUT2D eigenvalue weighted by Crippen LogP contribution is -2.19. The number of imidazole rings is 1. The Morgan fingerprint density at radius 1 is 1.22 bits per heavy atom. The van der Waals surface area contributed by atoms with Crippen molar-refractivity contribution >= 4 is 37.9 Å². The van der Waals surface area contributed by atoms with Crippen LogP contribution in [0.1, 0.15) is 54.1 Å². The average Bonchev–Trinajstić information content (AvgIpc) is 3.38. The third-order valence-electron chi connectivity index (χ3n) is 5.28. The first-order valence-corrected chi connectivity index (χ1v) is 14.0. The number of nitrogens with zero attached hydrogens (tertiary/aromatic N) is 2. The number of aromatic nitrogens is 2. The van der Waals surface area contributed by atoms with E-state index in [1.165, 1.54) is 0 Å². The summed E-state index contributed by atoms with van der Waals surface area (Å²) in [6.07, 6.45) is 9.14. The summed E-state index contributed by atoms with van der Waals surface area (Å²) in [5, 5.41) is 13.1. The van der Waals surface area contributed by atoms with Crippen LogP contribution in [0, 0.1) is 5.92 Å².